The molecule has 2 heterocycles. The number of nitrogens with zero attached hydrogens (tertiary/aromatic N) is 2. The van der Waals surface area contributed by atoms with Crippen LogP contribution in [-0.4, -0.2) is 27.8 Å². The van der Waals surface area contributed by atoms with Crippen LogP contribution in [-0.2, 0) is 12.8 Å². The molecule has 0 bridgehead atoms. The van der Waals surface area contributed by atoms with Crippen molar-refractivity contribution in [3.63, 3.8) is 0 Å². The second kappa shape index (κ2) is 11.3. The number of thiophene rings is 1. The molecule has 8 heteroatoms. The number of amides is 1. The largest absolute Gasteiger partial charge is 0.478 e. The molecular weight excluding hydrogens is 554 g/mol. The number of halogens is 1. The van der Waals surface area contributed by atoms with Crippen LogP contribution in [0.3, 0.4) is 0 Å². The van der Waals surface area contributed by atoms with E-state index in [1.54, 1.807) is 53.8 Å². The van der Waals surface area contributed by atoms with Gasteiger partial charge in [-0.1, -0.05) is 38.4 Å². The molecule has 0 fully saturated rings. The maximum atomic E-state index is 13.7. The van der Waals surface area contributed by atoms with E-state index in [1.165, 1.54) is 4.88 Å². The summed E-state index contributed by atoms with van der Waals surface area (Å²) in [5, 5.41) is 13.8. The molecule has 41 heavy (non-hydrogen) atoms. The smallest absolute Gasteiger partial charge is 0.335 e. The van der Waals surface area contributed by atoms with Crippen molar-refractivity contribution in [1.29, 1.82) is 0 Å². The van der Waals surface area contributed by atoms with Gasteiger partial charge in [0, 0.05) is 44.4 Å². The van der Waals surface area contributed by atoms with Gasteiger partial charge in [-0.3, -0.25) is 4.79 Å². The quantitative estimate of drug-likeness (QED) is 0.221. The van der Waals surface area contributed by atoms with Gasteiger partial charge < -0.3 is 15.0 Å². The highest BCUT2D eigenvalue weighted by molar-refractivity contribution is 7.16. The van der Waals surface area contributed by atoms with Gasteiger partial charge in [-0.25, -0.2) is 9.79 Å². The second-order valence-electron chi connectivity index (χ2n) is 11.7. The molecule has 2 aromatic heterocycles. The van der Waals surface area contributed by atoms with Crippen LogP contribution in [0.1, 0.15) is 75.3 Å². The molecule has 4 aromatic rings. The minimum absolute atomic E-state index is 0.165. The fraction of sp³-hybridized carbons (Fsp3) is 0.303. The lowest BCUT2D eigenvalue weighted by Crippen LogP contribution is -2.27. The van der Waals surface area contributed by atoms with E-state index in [0.717, 1.165) is 47.5 Å². The summed E-state index contributed by atoms with van der Waals surface area (Å²) in [6, 6.07) is 16.0. The number of carbonyl (C=O) groups is 2. The number of carboxylic acid groups (broad SMARTS) is 1. The molecule has 212 valence electrons. The molecule has 2 N–H and O–H groups in total. The van der Waals surface area contributed by atoms with Crippen molar-refractivity contribution < 1.29 is 14.7 Å². The molecule has 1 amide bonds. The van der Waals surface area contributed by atoms with E-state index in [0.29, 0.717) is 27.2 Å². The zero-order valence-corrected chi connectivity index (χ0v) is 25.5. The summed E-state index contributed by atoms with van der Waals surface area (Å²) >= 11 is 7.65. The van der Waals surface area contributed by atoms with E-state index in [1.807, 2.05) is 36.8 Å². The highest BCUT2D eigenvalue weighted by Gasteiger charge is 2.33. The van der Waals surface area contributed by atoms with Crippen molar-refractivity contribution in [2.45, 2.75) is 53.9 Å². The van der Waals surface area contributed by atoms with Gasteiger partial charge in [0.15, 0.2) is 0 Å². The van der Waals surface area contributed by atoms with E-state index in [-0.39, 0.29) is 16.9 Å². The Balaban J connectivity index is 1.52. The van der Waals surface area contributed by atoms with Crippen molar-refractivity contribution in [3.05, 3.63) is 98.1 Å². The van der Waals surface area contributed by atoms with Crippen molar-refractivity contribution in [2.75, 3.05) is 5.32 Å². The Morgan fingerprint density at radius 1 is 1.12 bits per heavy atom. The van der Waals surface area contributed by atoms with E-state index in [2.05, 4.69) is 26.1 Å². The maximum Gasteiger partial charge on any atom is 0.335 e. The first-order valence-corrected chi connectivity index (χ1v) is 14.9. The Morgan fingerprint density at radius 3 is 2.54 bits per heavy atom. The number of hydrogen-bond donors (Lipinski definition) is 2. The SMILES string of the molecule is Cc1cc(C=Nc2sc3c(c2C(=O)Nc2ccc(Cl)cc2)CC[C@H](C(C)(C)C)C3)c(C)n1-c1cccc(C(=O)O)c1. The van der Waals surface area contributed by atoms with Gasteiger partial charge in [-0.05, 0) is 98.5 Å². The lowest BCUT2D eigenvalue weighted by Gasteiger charge is -2.33. The molecule has 1 aliphatic carbocycles. The van der Waals surface area contributed by atoms with Crippen molar-refractivity contribution in [1.82, 2.24) is 4.57 Å². The molecule has 0 saturated heterocycles. The average molecular weight is 588 g/mol. The fourth-order valence-electron chi connectivity index (χ4n) is 5.58. The number of carboxylic acids is 1. The van der Waals surface area contributed by atoms with Crippen LogP contribution in [0.25, 0.3) is 5.69 Å². The van der Waals surface area contributed by atoms with E-state index < -0.39 is 5.97 Å². The van der Waals surface area contributed by atoms with Crippen molar-refractivity contribution >= 4 is 51.7 Å². The highest BCUT2D eigenvalue weighted by atomic mass is 35.5. The molecule has 0 spiro atoms. The first-order valence-electron chi connectivity index (χ1n) is 13.7. The minimum atomic E-state index is -0.962. The number of aromatic nitrogens is 1. The fourth-order valence-corrected chi connectivity index (χ4v) is 6.98. The number of aryl methyl sites for hydroxylation is 1. The van der Waals surface area contributed by atoms with Gasteiger partial charge in [0.2, 0.25) is 0 Å². The molecule has 0 radical (unpaired) electrons. The van der Waals surface area contributed by atoms with Crippen LogP contribution in [0.2, 0.25) is 5.02 Å². The molecule has 0 unspecified atom stereocenters. The zero-order chi connectivity index (χ0) is 29.5. The summed E-state index contributed by atoms with van der Waals surface area (Å²) in [4.78, 5) is 31.3. The second-order valence-corrected chi connectivity index (χ2v) is 13.2. The first kappa shape index (κ1) is 28.8. The van der Waals surface area contributed by atoms with Crippen molar-refractivity contribution in [2.24, 2.45) is 16.3 Å². The third kappa shape index (κ3) is 6.02. The number of hydrogen-bond acceptors (Lipinski definition) is 4. The Bertz CT molecular complexity index is 1660. The zero-order valence-electron chi connectivity index (χ0n) is 23.9. The van der Waals surface area contributed by atoms with Gasteiger partial charge >= 0.3 is 5.97 Å². The number of nitrogens with one attached hydrogen (secondary N) is 1. The lowest BCUT2D eigenvalue weighted by atomic mass is 9.72. The number of fused-ring (bicyclic) bond motifs is 1. The maximum absolute atomic E-state index is 13.7. The molecule has 0 aliphatic heterocycles. The van der Waals surface area contributed by atoms with Crippen LogP contribution >= 0.6 is 22.9 Å². The molecule has 0 saturated carbocycles. The summed E-state index contributed by atoms with van der Waals surface area (Å²) < 4.78 is 2.02. The third-order valence-corrected chi connectivity index (χ3v) is 9.36. The number of aliphatic imine (C=N–C) groups is 1. The first-order chi connectivity index (χ1) is 19.4. The normalized spacial score (nSPS) is 15.2. The topological polar surface area (TPSA) is 83.7 Å². The number of carbonyl (C=O) groups excluding carboxylic acids is 1. The van der Waals surface area contributed by atoms with Gasteiger partial charge in [0.05, 0.1) is 11.1 Å². The number of benzene rings is 2. The summed E-state index contributed by atoms with van der Waals surface area (Å²) in [5.74, 6) is -0.587. The van der Waals surface area contributed by atoms with Gasteiger partial charge in [0.25, 0.3) is 5.91 Å². The average Bonchev–Trinajstić information content (AvgIpc) is 3.43. The Labute approximate surface area is 249 Å². The highest BCUT2D eigenvalue weighted by Crippen LogP contribution is 2.45. The van der Waals surface area contributed by atoms with E-state index >= 15 is 0 Å². The molecule has 1 atom stereocenters. The van der Waals surface area contributed by atoms with Gasteiger partial charge in [0.1, 0.15) is 5.00 Å². The third-order valence-electron chi connectivity index (χ3n) is 7.94. The Kier molecular flexibility index (Phi) is 7.95. The summed E-state index contributed by atoms with van der Waals surface area (Å²) in [5.41, 5.74) is 6.45. The van der Waals surface area contributed by atoms with Crippen LogP contribution in [0.5, 0.6) is 0 Å². The van der Waals surface area contributed by atoms with Crippen molar-refractivity contribution in [3.8, 4) is 5.69 Å². The molecule has 2 aromatic carbocycles. The van der Waals surface area contributed by atoms with Gasteiger partial charge in [-0.15, -0.1) is 11.3 Å². The molecule has 6 nitrogen and oxygen atoms in total. The Morgan fingerprint density at radius 2 is 1.85 bits per heavy atom. The monoisotopic (exact) mass is 587 g/mol. The summed E-state index contributed by atoms with van der Waals surface area (Å²) in [6.45, 7) is 10.8. The number of rotatable bonds is 6. The van der Waals surface area contributed by atoms with Crippen LogP contribution in [0.15, 0.2) is 59.6 Å². The number of aromatic carboxylic acids is 1. The van der Waals surface area contributed by atoms with E-state index in [9.17, 15) is 14.7 Å². The summed E-state index contributed by atoms with van der Waals surface area (Å²) in [6.07, 6.45) is 4.64. The number of anilines is 1. The van der Waals surface area contributed by atoms with Crippen LogP contribution in [0, 0.1) is 25.2 Å². The van der Waals surface area contributed by atoms with Gasteiger partial charge in [-0.2, -0.15) is 0 Å². The predicted molar refractivity (Wildman–Crippen MR) is 168 cm³/mol. The predicted octanol–water partition coefficient (Wildman–Crippen LogP) is 8.66. The Hall–Kier alpha value is -3.68. The van der Waals surface area contributed by atoms with Crippen LogP contribution < -0.4 is 5.32 Å². The molecular formula is C33H34ClN3O3S. The standard InChI is InChI=1S/C33H34ClN3O3S/c1-19-15-22(20(2)37(19)26-8-6-7-21(16-26)32(39)40)18-35-31-29(30(38)36-25-12-10-24(34)11-13-25)27-14-9-23(33(3,4)5)17-28(27)41-31/h6-8,10-13,15-16,18,23H,9,14,17H2,1-5H3,(H,36,38)(H,39,40)/t23-/m0/s1. The molecule has 1 aliphatic rings. The summed E-state index contributed by atoms with van der Waals surface area (Å²) in [7, 11) is 0. The minimum Gasteiger partial charge on any atom is -0.478 e. The van der Waals surface area contributed by atoms with Crippen LogP contribution in [0.4, 0.5) is 10.7 Å². The lowest BCUT2D eigenvalue weighted by molar-refractivity contribution is 0.0696. The molecule has 5 rings (SSSR count). The van der Waals surface area contributed by atoms with E-state index in [4.69, 9.17) is 16.6 Å².